The molecule has 0 aromatic heterocycles. The average molecular weight is 584 g/mol. The summed E-state index contributed by atoms with van der Waals surface area (Å²) in [6, 6.07) is 21.2. The van der Waals surface area contributed by atoms with Gasteiger partial charge in [0, 0.05) is 12.6 Å². The van der Waals surface area contributed by atoms with Gasteiger partial charge in [0.1, 0.15) is 0 Å². The Balaban J connectivity index is -0.0000000218. The van der Waals surface area contributed by atoms with E-state index in [-0.39, 0.29) is 136 Å². The maximum Gasteiger partial charge on any atom is 1.00 e. The second-order valence-corrected chi connectivity index (χ2v) is 3.99. The molecule has 1 heterocycles. The van der Waals surface area contributed by atoms with E-state index in [1.54, 1.807) is 0 Å². The molecule has 29 heavy (non-hydrogen) atoms. The van der Waals surface area contributed by atoms with Crippen molar-refractivity contribution in [2.75, 3.05) is 6.54 Å². The normalized spacial score (nSPS) is 9.93. The first-order valence-electron chi connectivity index (χ1n) is 6.01. The minimum absolute atomic E-state index is 0. The topological polar surface area (TPSA) is 146 Å². The van der Waals surface area contributed by atoms with Gasteiger partial charge in [0.25, 0.3) is 0 Å². The molecule has 3 rings (SSSR count). The zero-order valence-electron chi connectivity index (χ0n) is 15.3. The van der Waals surface area contributed by atoms with E-state index in [1.165, 1.54) is 11.1 Å². The van der Waals surface area contributed by atoms with Crippen LogP contribution in [-0.4, -0.2) is 12.0 Å². The van der Waals surface area contributed by atoms with E-state index in [9.17, 15) is 0 Å². The van der Waals surface area contributed by atoms with Crippen LogP contribution in [0.25, 0.3) is 6.08 Å². The fourth-order valence-corrected chi connectivity index (χ4v) is 1.57. The van der Waals surface area contributed by atoms with Gasteiger partial charge in [0.2, 0.25) is 0 Å². The summed E-state index contributed by atoms with van der Waals surface area (Å²) in [5.74, 6) is 0. The van der Waals surface area contributed by atoms with Crippen molar-refractivity contribution in [2.24, 2.45) is 0 Å². The van der Waals surface area contributed by atoms with Gasteiger partial charge in [-0.1, -0.05) is 95.6 Å². The molecule has 164 valence electrons. The molecular weight excluding hydrogens is 546 g/mol. The van der Waals surface area contributed by atoms with E-state index < -0.39 is 0 Å². The fraction of sp³-hybridized carbons (Fsp3) is 0.263. The van der Waals surface area contributed by atoms with E-state index >= 15 is 0 Å². The maximum atomic E-state index is 7.72. The Kier molecular flexibility index (Phi) is 94.1. The SMILES string of the molecule is C.C.C.C=Cc1ccccc1.I.N.N.O.[Cl-].[Na+].[Na+].[O-]Cl.c1ccc(C2CN2)cc1. The molecule has 0 spiro atoms. The van der Waals surface area contributed by atoms with Crippen molar-refractivity contribution < 1.29 is 81.7 Å². The van der Waals surface area contributed by atoms with E-state index in [1.807, 2.05) is 42.5 Å². The zero-order valence-corrected chi connectivity index (χ0v) is 23.2. The van der Waals surface area contributed by atoms with Crippen molar-refractivity contribution in [3.8, 4) is 0 Å². The minimum atomic E-state index is 0. The van der Waals surface area contributed by atoms with Crippen molar-refractivity contribution in [2.45, 2.75) is 28.3 Å². The van der Waals surface area contributed by atoms with Crippen molar-refractivity contribution in [1.29, 1.82) is 0 Å². The molecule has 0 amide bonds. The molecule has 2 aromatic rings. The standard InChI is InChI=1S/C8H9N.C8H8.3CH4.ClO.ClH.HI.2H3N.2Na.H2O/c1-2-4-7(5-3-1)8-6-9-8;1-2-8-6-4-3-5-7-8;;;;1-2;;;;;;;/h1-5,8-9H,6H2;2-7H,1H2;3*1H4;;2*1H;2*1H3;;;1H2/q;;;;;-1;;;;;2*+1;/p-1. The van der Waals surface area contributed by atoms with Crippen molar-refractivity contribution in [1.82, 2.24) is 17.6 Å². The van der Waals surface area contributed by atoms with Crippen LogP contribution in [0, 0.1) is 0 Å². The van der Waals surface area contributed by atoms with Gasteiger partial charge in [-0.15, -0.1) is 24.0 Å². The van der Waals surface area contributed by atoms with Crippen LogP contribution in [-0.2, 0) is 0 Å². The van der Waals surface area contributed by atoms with Gasteiger partial charge in [-0.25, -0.2) is 11.9 Å². The number of hydrogen-bond acceptors (Lipinski definition) is 4. The number of nitrogens with one attached hydrogen (secondary N) is 1. The molecular formula is C19H38Cl2IN3Na2O2. The van der Waals surface area contributed by atoms with Gasteiger partial charge in [-0.3, -0.25) is 0 Å². The van der Waals surface area contributed by atoms with Gasteiger partial charge in [-0.05, 0) is 11.1 Å². The van der Waals surface area contributed by atoms with Crippen LogP contribution < -0.4 is 93.8 Å². The van der Waals surface area contributed by atoms with Gasteiger partial charge in [0.05, 0.1) is 0 Å². The van der Waals surface area contributed by atoms with Gasteiger partial charge in [0.15, 0.2) is 0 Å². The zero-order chi connectivity index (χ0) is 13.9. The van der Waals surface area contributed by atoms with Crippen LogP contribution in [0.4, 0.5) is 0 Å². The summed E-state index contributed by atoms with van der Waals surface area (Å²) in [4.78, 5) is 0. The van der Waals surface area contributed by atoms with E-state index in [0.717, 1.165) is 6.54 Å². The third-order valence-electron chi connectivity index (χ3n) is 2.65. The quantitative estimate of drug-likeness (QED) is 0.189. The van der Waals surface area contributed by atoms with Crippen molar-refractivity contribution in [3.63, 3.8) is 0 Å². The first-order valence-corrected chi connectivity index (χ1v) is 6.32. The predicted molar refractivity (Wildman–Crippen MR) is 129 cm³/mol. The molecule has 0 saturated carbocycles. The Bertz CT molecular complexity index is 487. The Labute approximate surface area is 251 Å². The largest absolute Gasteiger partial charge is 1.00 e. The molecule has 1 saturated heterocycles. The summed E-state index contributed by atoms with van der Waals surface area (Å²) in [7, 11) is 0. The first-order chi connectivity index (χ1) is 9.40. The molecule has 1 aliphatic rings. The average Bonchev–Trinajstić information content (AvgIpc) is 3.36. The third-order valence-corrected chi connectivity index (χ3v) is 2.65. The molecule has 1 aliphatic heterocycles. The van der Waals surface area contributed by atoms with Gasteiger partial charge in [-0.2, -0.15) is 0 Å². The monoisotopic (exact) mass is 583 g/mol. The minimum Gasteiger partial charge on any atom is -1.00 e. The Morgan fingerprint density at radius 2 is 1.17 bits per heavy atom. The predicted octanol–water partition coefficient (Wildman–Crippen LogP) is -3.80. The van der Waals surface area contributed by atoms with Crippen molar-refractivity contribution >= 4 is 41.9 Å². The second-order valence-electron chi connectivity index (χ2n) is 3.99. The fourth-order valence-electron chi connectivity index (χ4n) is 1.57. The molecule has 2 aromatic carbocycles. The van der Waals surface area contributed by atoms with Crippen LogP contribution in [0.3, 0.4) is 0 Å². The molecule has 0 aliphatic carbocycles. The summed E-state index contributed by atoms with van der Waals surface area (Å²) in [6.07, 6.45) is 1.83. The smallest absolute Gasteiger partial charge is 1.00 e. The summed E-state index contributed by atoms with van der Waals surface area (Å²) >= 11 is 3.39. The van der Waals surface area contributed by atoms with Crippen LogP contribution in [0.5, 0.6) is 0 Å². The maximum absolute atomic E-state index is 7.72. The number of rotatable bonds is 2. The van der Waals surface area contributed by atoms with E-state index in [4.69, 9.17) is 4.66 Å². The summed E-state index contributed by atoms with van der Waals surface area (Å²) < 4.78 is 7.72. The second kappa shape index (κ2) is 43.2. The molecule has 0 bridgehead atoms. The van der Waals surface area contributed by atoms with Crippen LogP contribution in [0.15, 0.2) is 67.2 Å². The van der Waals surface area contributed by atoms with Crippen LogP contribution in [0.2, 0.25) is 0 Å². The molecule has 0 radical (unpaired) electrons. The number of halogens is 3. The van der Waals surface area contributed by atoms with E-state index in [2.05, 4.69) is 48.0 Å². The van der Waals surface area contributed by atoms with Gasteiger partial charge >= 0.3 is 59.1 Å². The van der Waals surface area contributed by atoms with Crippen LogP contribution in [0.1, 0.15) is 39.4 Å². The Hall–Kier alpha value is 1.29. The van der Waals surface area contributed by atoms with Crippen LogP contribution >= 0.6 is 35.8 Å². The molecule has 1 atom stereocenters. The molecule has 5 nitrogen and oxygen atoms in total. The van der Waals surface area contributed by atoms with Gasteiger partial charge < -0.3 is 40.2 Å². The third kappa shape index (κ3) is 31.6. The van der Waals surface area contributed by atoms with Crippen molar-refractivity contribution in [3.05, 3.63) is 78.4 Å². The summed E-state index contributed by atoms with van der Waals surface area (Å²) in [5, 5.41) is 3.25. The Morgan fingerprint density at radius 3 is 1.41 bits per heavy atom. The van der Waals surface area contributed by atoms with E-state index in [0.29, 0.717) is 6.04 Å². The molecule has 1 fully saturated rings. The first kappa shape index (κ1) is 63.1. The number of benzene rings is 2. The molecule has 10 heteroatoms. The summed E-state index contributed by atoms with van der Waals surface area (Å²) in [6.45, 7) is 4.79. The molecule has 9 N–H and O–H groups in total. The Morgan fingerprint density at radius 1 is 0.862 bits per heavy atom. The summed E-state index contributed by atoms with van der Waals surface area (Å²) in [5.41, 5.74) is 2.59. The number of hydrogen-bond donors (Lipinski definition) is 3. The molecule has 1 unspecified atom stereocenters.